The molecule has 0 radical (unpaired) electrons. The Morgan fingerprint density at radius 1 is 1.00 bits per heavy atom. The number of esters is 2. The van der Waals surface area contributed by atoms with Crippen LogP contribution in [0.4, 0.5) is 10.7 Å². The maximum absolute atomic E-state index is 12.6. The van der Waals surface area contributed by atoms with Crippen molar-refractivity contribution >= 4 is 50.9 Å². The fourth-order valence-corrected chi connectivity index (χ4v) is 4.95. The lowest BCUT2D eigenvalue weighted by atomic mass is 10.1. The van der Waals surface area contributed by atoms with Gasteiger partial charge in [-0.25, -0.2) is 13.8 Å². The average molecular weight is 545 g/mol. The third-order valence-electron chi connectivity index (χ3n) is 5.00. The maximum Gasteiger partial charge on any atom is 0.341 e. The van der Waals surface area contributed by atoms with Crippen molar-refractivity contribution in [3.63, 3.8) is 0 Å². The summed E-state index contributed by atoms with van der Waals surface area (Å²) < 4.78 is 35.5. The lowest BCUT2D eigenvalue weighted by Crippen LogP contribution is -2.21. The molecule has 1 atom stereocenters. The van der Waals surface area contributed by atoms with E-state index in [0.717, 1.165) is 5.56 Å². The van der Waals surface area contributed by atoms with Crippen LogP contribution >= 0.6 is 11.3 Å². The first-order chi connectivity index (χ1) is 17.8. The van der Waals surface area contributed by atoms with Crippen molar-refractivity contribution in [1.29, 1.82) is 0 Å². The van der Waals surface area contributed by atoms with Crippen LogP contribution in [0.25, 0.3) is 10.4 Å². The van der Waals surface area contributed by atoms with E-state index in [1.165, 1.54) is 29.7 Å². The van der Waals surface area contributed by atoms with Gasteiger partial charge in [-0.3, -0.25) is 4.79 Å². The second kappa shape index (κ2) is 11.9. The minimum atomic E-state index is -1.31. The Morgan fingerprint density at radius 2 is 1.78 bits per heavy atom. The van der Waals surface area contributed by atoms with Crippen molar-refractivity contribution in [1.82, 2.24) is 0 Å². The molecular weight excluding hydrogens is 520 g/mol. The van der Waals surface area contributed by atoms with Crippen molar-refractivity contribution in [2.24, 2.45) is 0 Å². The van der Waals surface area contributed by atoms with E-state index in [1.54, 1.807) is 37.3 Å². The first kappa shape index (κ1) is 26.2. The van der Waals surface area contributed by atoms with Crippen LogP contribution in [0.5, 0.6) is 11.5 Å². The van der Waals surface area contributed by atoms with Crippen LogP contribution in [0, 0.1) is 0 Å². The van der Waals surface area contributed by atoms with Crippen molar-refractivity contribution in [2.45, 2.75) is 6.92 Å². The van der Waals surface area contributed by atoms with E-state index in [0.29, 0.717) is 35.3 Å². The second-order valence-corrected chi connectivity index (χ2v) is 9.86. The zero-order valence-corrected chi connectivity index (χ0v) is 21.7. The Kier molecular flexibility index (Phi) is 8.41. The normalized spacial score (nSPS) is 12.8. The first-order valence-electron chi connectivity index (χ1n) is 11.2. The van der Waals surface area contributed by atoms with Crippen LogP contribution in [-0.4, -0.2) is 54.7 Å². The fraction of sp³-hybridized carbons (Fsp3) is 0.240. The van der Waals surface area contributed by atoms with Gasteiger partial charge in [0, 0.05) is 16.8 Å². The number of rotatable bonds is 9. The van der Waals surface area contributed by atoms with Gasteiger partial charge in [0.15, 0.2) is 18.1 Å². The summed E-state index contributed by atoms with van der Waals surface area (Å²) >= 11 is 1.18. The number of fused-ring (bicyclic) bond motifs is 1. The number of benzene rings is 2. The minimum absolute atomic E-state index is 0.165. The largest absolute Gasteiger partial charge is 0.486 e. The molecule has 0 spiro atoms. The second-order valence-electron chi connectivity index (χ2n) is 7.69. The topological polar surface area (TPSA) is 129 Å². The number of amides is 1. The number of thiophene rings is 1. The molecule has 194 valence electrons. The molecule has 2 aromatic carbocycles. The Hall–Kier alpha value is -3.90. The summed E-state index contributed by atoms with van der Waals surface area (Å²) in [6, 6.07) is 13.3. The summed E-state index contributed by atoms with van der Waals surface area (Å²) in [6.45, 7) is 2.19. The highest BCUT2D eigenvalue weighted by Gasteiger charge is 2.22. The fourth-order valence-electron chi connectivity index (χ4n) is 3.44. The Morgan fingerprint density at radius 3 is 2.54 bits per heavy atom. The van der Waals surface area contributed by atoms with Crippen molar-refractivity contribution in [3.05, 3.63) is 59.7 Å². The van der Waals surface area contributed by atoms with E-state index in [2.05, 4.69) is 10.0 Å². The molecule has 0 fully saturated rings. The molecule has 1 aliphatic rings. The number of anilines is 2. The zero-order valence-electron chi connectivity index (χ0n) is 20.0. The van der Waals surface area contributed by atoms with Gasteiger partial charge < -0.3 is 29.0 Å². The molecule has 1 aromatic heterocycles. The van der Waals surface area contributed by atoms with Gasteiger partial charge in [-0.2, -0.15) is 0 Å². The lowest BCUT2D eigenvalue weighted by Gasteiger charge is -2.18. The molecule has 2 N–H and O–H groups in total. The summed E-state index contributed by atoms with van der Waals surface area (Å²) in [7, 11) is -1.31. The standard InChI is InChI=1S/C25H24N2O8S2/c1-3-32-25(30)18-13-21(15-7-8-19-20(12-15)34-10-9-33-19)36-23(18)26-22(28)14-35-24(29)16-5-4-6-17(11-16)27-37(2)31/h4-8,11-13,27H,3,9-10,14H2,1-2H3,(H,26,28). The number of hydrogen-bond donors (Lipinski definition) is 2. The molecule has 0 saturated heterocycles. The molecule has 1 aliphatic heterocycles. The highest BCUT2D eigenvalue weighted by Crippen LogP contribution is 2.40. The van der Waals surface area contributed by atoms with Gasteiger partial charge in [0.2, 0.25) is 0 Å². The Bertz CT molecular complexity index is 1350. The predicted octanol–water partition coefficient (Wildman–Crippen LogP) is 3.86. The predicted molar refractivity (Wildman–Crippen MR) is 140 cm³/mol. The van der Waals surface area contributed by atoms with Gasteiger partial charge in [0.25, 0.3) is 5.91 Å². The molecule has 3 aromatic rings. The number of carbonyl (C=O) groups is 3. The third-order valence-corrected chi connectivity index (χ3v) is 6.62. The average Bonchev–Trinajstić information content (AvgIpc) is 3.30. The molecule has 2 heterocycles. The van der Waals surface area contributed by atoms with E-state index in [4.69, 9.17) is 18.9 Å². The van der Waals surface area contributed by atoms with E-state index >= 15 is 0 Å². The molecule has 12 heteroatoms. The SMILES string of the molecule is CCOC(=O)c1cc(-c2ccc3c(c2)OCCO3)sc1NC(=O)COC(=O)c1cccc(NS(C)=O)c1. The summed E-state index contributed by atoms with van der Waals surface area (Å²) in [5.41, 5.74) is 1.62. The number of ether oxygens (including phenoxy) is 4. The summed E-state index contributed by atoms with van der Waals surface area (Å²) in [5, 5.41) is 2.90. The Labute approximate surface area is 219 Å². The number of hydrogen-bond acceptors (Lipinski definition) is 9. The molecule has 0 bridgehead atoms. The monoisotopic (exact) mass is 544 g/mol. The van der Waals surface area contributed by atoms with Crippen LogP contribution in [0.3, 0.4) is 0 Å². The van der Waals surface area contributed by atoms with Gasteiger partial charge in [-0.05, 0) is 55.0 Å². The van der Waals surface area contributed by atoms with Crippen molar-refractivity contribution in [3.8, 4) is 21.9 Å². The van der Waals surface area contributed by atoms with Gasteiger partial charge in [0.1, 0.15) is 29.2 Å². The van der Waals surface area contributed by atoms with E-state index in [-0.39, 0.29) is 22.7 Å². The van der Waals surface area contributed by atoms with Gasteiger partial charge in [-0.1, -0.05) is 6.07 Å². The smallest absolute Gasteiger partial charge is 0.341 e. The van der Waals surface area contributed by atoms with Crippen LogP contribution in [0.15, 0.2) is 48.5 Å². The molecule has 0 aliphatic carbocycles. The molecule has 0 saturated carbocycles. The zero-order chi connectivity index (χ0) is 26.4. The van der Waals surface area contributed by atoms with Crippen LogP contribution < -0.4 is 19.5 Å². The van der Waals surface area contributed by atoms with Crippen molar-refractivity contribution < 1.29 is 37.5 Å². The molecule has 1 unspecified atom stereocenters. The summed E-state index contributed by atoms with van der Waals surface area (Å²) in [4.78, 5) is 38.3. The summed E-state index contributed by atoms with van der Waals surface area (Å²) in [6.07, 6.45) is 1.46. The maximum atomic E-state index is 12.6. The van der Waals surface area contributed by atoms with Crippen LogP contribution in [-0.2, 0) is 25.3 Å². The van der Waals surface area contributed by atoms with E-state index in [1.807, 2.05) is 6.07 Å². The van der Waals surface area contributed by atoms with E-state index in [9.17, 15) is 18.6 Å². The molecular formula is C25H24N2O8S2. The first-order valence-corrected chi connectivity index (χ1v) is 13.6. The van der Waals surface area contributed by atoms with Gasteiger partial charge in [-0.15, -0.1) is 11.3 Å². The van der Waals surface area contributed by atoms with Gasteiger partial charge >= 0.3 is 11.9 Å². The minimum Gasteiger partial charge on any atom is -0.486 e. The molecule has 1 amide bonds. The molecule has 10 nitrogen and oxygen atoms in total. The van der Waals surface area contributed by atoms with Crippen LogP contribution in [0.2, 0.25) is 0 Å². The molecule has 4 rings (SSSR count). The van der Waals surface area contributed by atoms with Gasteiger partial charge in [0.05, 0.1) is 17.7 Å². The van der Waals surface area contributed by atoms with Crippen LogP contribution in [0.1, 0.15) is 27.6 Å². The quantitative estimate of drug-likeness (QED) is 0.389. The van der Waals surface area contributed by atoms with E-state index < -0.39 is 35.4 Å². The molecule has 37 heavy (non-hydrogen) atoms. The summed E-state index contributed by atoms with van der Waals surface area (Å²) in [5.74, 6) is -0.714. The highest BCUT2D eigenvalue weighted by atomic mass is 32.2. The van der Waals surface area contributed by atoms with Crippen molar-refractivity contribution in [2.75, 3.05) is 42.7 Å². The number of carbonyl (C=O) groups excluding carboxylic acids is 3. The third kappa shape index (κ3) is 6.66. The Balaban J connectivity index is 1.47. The highest BCUT2D eigenvalue weighted by molar-refractivity contribution is 7.85. The lowest BCUT2D eigenvalue weighted by molar-refractivity contribution is -0.119. The number of nitrogens with one attached hydrogen (secondary N) is 2.